The van der Waals surface area contributed by atoms with Gasteiger partial charge in [-0.2, -0.15) is 5.10 Å². The van der Waals surface area contributed by atoms with Gasteiger partial charge in [-0.15, -0.1) is 0 Å². The zero-order valence-electron chi connectivity index (χ0n) is 16.7. The average Bonchev–Trinajstić information content (AvgIpc) is 2.93. The van der Waals surface area contributed by atoms with Crippen molar-refractivity contribution in [2.75, 3.05) is 13.1 Å². The van der Waals surface area contributed by atoms with E-state index in [2.05, 4.69) is 49.8 Å². The minimum Gasteiger partial charge on any atom is -0.298 e. The highest BCUT2D eigenvalue weighted by molar-refractivity contribution is 5.98. The zero-order valence-corrected chi connectivity index (χ0v) is 16.7. The van der Waals surface area contributed by atoms with Gasteiger partial charge in [0.05, 0.1) is 6.20 Å². The number of benzene rings is 1. The van der Waals surface area contributed by atoms with Crippen LogP contribution in [-0.2, 0) is 19.0 Å². The fourth-order valence-electron chi connectivity index (χ4n) is 3.72. The van der Waals surface area contributed by atoms with Gasteiger partial charge in [0.25, 0.3) is 0 Å². The Morgan fingerprint density at radius 1 is 1.23 bits per heavy atom. The van der Waals surface area contributed by atoms with Crippen molar-refractivity contribution in [3.8, 4) is 0 Å². The number of Topliss-reactive ketones (excluding diaryl/α,β-unsaturated/α-hetero) is 1. The van der Waals surface area contributed by atoms with Crippen LogP contribution in [0.3, 0.4) is 0 Å². The Morgan fingerprint density at radius 2 is 1.92 bits per heavy atom. The van der Waals surface area contributed by atoms with E-state index in [-0.39, 0.29) is 17.1 Å². The quantitative estimate of drug-likeness (QED) is 0.776. The summed E-state index contributed by atoms with van der Waals surface area (Å²) in [5.41, 5.74) is 4.70. The molecule has 4 heteroatoms. The third-order valence-corrected chi connectivity index (χ3v) is 5.64. The molecule has 0 unspecified atom stereocenters. The van der Waals surface area contributed by atoms with Crippen LogP contribution in [0.2, 0.25) is 0 Å². The number of hydrogen-bond acceptors (Lipinski definition) is 3. The summed E-state index contributed by atoms with van der Waals surface area (Å²) in [6.45, 7) is 11.5. The van der Waals surface area contributed by atoms with Gasteiger partial charge in [0.2, 0.25) is 0 Å². The molecule has 1 aromatic carbocycles. The molecule has 0 aliphatic carbocycles. The van der Waals surface area contributed by atoms with Crippen LogP contribution in [0.5, 0.6) is 0 Å². The van der Waals surface area contributed by atoms with E-state index in [9.17, 15) is 4.79 Å². The summed E-state index contributed by atoms with van der Waals surface area (Å²) < 4.78 is 1.92. The van der Waals surface area contributed by atoms with Crippen molar-refractivity contribution in [1.82, 2.24) is 14.7 Å². The lowest BCUT2D eigenvalue weighted by Crippen LogP contribution is -2.38. The number of hydrogen-bond donors (Lipinski definition) is 0. The van der Waals surface area contributed by atoms with Gasteiger partial charge in [-0.1, -0.05) is 45.0 Å². The summed E-state index contributed by atoms with van der Waals surface area (Å²) in [6.07, 6.45) is 4.02. The largest absolute Gasteiger partial charge is 0.298 e. The van der Waals surface area contributed by atoms with Crippen LogP contribution in [0.25, 0.3) is 0 Å². The molecule has 1 fully saturated rings. The first-order valence-electron chi connectivity index (χ1n) is 9.60. The van der Waals surface area contributed by atoms with E-state index in [1.165, 1.54) is 16.8 Å². The number of aryl methyl sites for hydroxylation is 1. The summed E-state index contributed by atoms with van der Waals surface area (Å²) >= 11 is 0. The normalized spacial score (nSPS) is 18.9. The van der Waals surface area contributed by atoms with Crippen molar-refractivity contribution in [2.45, 2.75) is 52.5 Å². The van der Waals surface area contributed by atoms with Crippen LogP contribution >= 0.6 is 0 Å². The smallest absolute Gasteiger partial charge is 0.167 e. The summed E-state index contributed by atoms with van der Waals surface area (Å²) in [5, 5.41) is 4.33. The molecule has 0 spiro atoms. The van der Waals surface area contributed by atoms with Crippen molar-refractivity contribution in [1.29, 1.82) is 0 Å². The molecule has 140 valence electrons. The summed E-state index contributed by atoms with van der Waals surface area (Å²) in [6, 6.07) is 8.22. The maximum absolute atomic E-state index is 13.0. The molecule has 0 radical (unpaired) electrons. The Labute approximate surface area is 157 Å². The van der Waals surface area contributed by atoms with Crippen molar-refractivity contribution in [3.05, 3.63) is 52.8 Å². The Hall–Kier alpha value is -1.94. The highest BCUT2D eigenvalue weighted by Crippen LogP contribution is 2.26. The first-order valence-corrected chi connectivity index (χ1v) is 9.60. The number of carbonyl (C=O) groups excluding carboxylic acids is 1. The molecule has 1 atom stereocenters. The Kier molecular flexibility index (Phi) is 5.33. The molecule has 26 heavy (non-hydrogen) atoms. The molecule has 0 bridgehead atoms. The predicted octanol–water partition coefficient (Wildman–Crippen LogP) is 4.12. The number of rotatable bonds is 4. The van der Waals surface area contributed by atoms with Gasteiger partial charge < -0.3 is 0 Å². The Bertz CT molecular complexity index is 768. The molecule has 1 aliphatic rings. The third-order valence-electron chi connectivity index (χ3n) is 5.64. The van der Waals surface area contributed by atoms with Crippen LogP contribution in [0.15, 0.2) is 30.5 Å². The number of ketones is 1. The summed E-state index contributed by atoms with van der Waals surface area (Å²) in [4.78, 5) is 15.4. The lowest BCUT2D eigenvalue weighted by molar-refractivity contribution is 0.0811. The molecule has 3 rings (SSSR count). The lowest BCUT2D eigenvalue weighted by Gasteiger charge is -2.32. The first-order chi connectivity index (χ1) is 12.3. The van der Waals surface area contributed by atoms with Crippen LogP contribution in [0, 0.1) is 12.8 Å². The second-order valence-electron chi connectivity index (χ2n) is 8.64. The molecule has 2 heterocycles. The number of aromatic nitrogens is 2. The van der Waals surface area contributed by atoms with E-state index in [1.54, 1.807) is 0 Å². The number of likely N-dealkylation sites (tertiary alicyclic amines) is 1. The van der Waals surface area contributed by atoms with E-state index in [0.29, 0.717) is 0 Å². The molecule has 4 nitrogen and oxygen atoms in total. The fourth-order valence-corrected chi connectivity index (χ4v) is 3.72. The van der Waals surface area contributed by atoms with Crippen LogP contribution in [0.4, 0.5) is 0 Å². The van der Waals surface area contributed by atoms with Gasteiger partial charge in [-0.05, 0) is 37.3 Å². The van der Waals surface area contributed by atoms with E-state index in [4.69, 9.17) is 0 Å². The fraction of sp³-hybridized carbons (Fsp3) is 0.545. The minimum absolute atomic E-state index is 0.0983. The van der Waals surface area contributed by atoms with Gasteiger partial charge in [-0.3, -0.25) is 14.4 Å². The number of carbonyl (C=O) groups is 1. The molecule has 0 N–H and O–H groups in total. The van der Waals surface area contributed by atoms with Gasteiger partial charge in [0, 0.05) is 42.9 Å². The second-order valence-corrected chi connectivity index (χ2v) is 8.64. The van der Waals surface area contributed by atoms with Crippen molar-refractivity contribution in [3.63, 3.8) is 0 Å². The highest BCUT2D eigenvalue weighted by atomic mass is 16.1. The standard InChI is InChI=1S/C22H31N3O/c1-16-19(13-23-24(16)5)15-25-12-6-7-18(14-25)21(26)17-8-10-20(11-9-17)22(2,3)4/h8-11,13,18H,6-7,12,14-15H2,1-5H3/t18-/m0/s1. The molecule has 0 amide bonds. The zero-order chi connectivity index (χ0) is 18.9. The molecule has 0 saturated carbocycles. The second kappa shape index (κ2) is 7.36. The van der Waals surface area contributed by atoms with Gasteiger partial charge in [0.15, 0.2) is 5.78 Å². The van der Waals surface area contributed by atoms with Crippen LogP contribution in [-0.4, -0.2) is 33.6 Å². The topological polar surface area (TPSA) is 38.1 Å². The van der Waals surface area contributed by atoms with Crippen molar-refractivity contribution >= 4 is 5.78 Å². The minimum atomic E-state index is 0.0983. The summed E-state index contributed by atoms with van der Waals surface area (Å²) in [7, 11) is 1.97. The summed E-state index contributed by atoms with van der Waals surface area (Å²) in [5.74, 6) is 0.388. The maximum atomic E-state index is 13.0. The van der Waals surface area contributed by atoms with Crippen molar-refractivity contribution in [2.24, 2.45) is 13.0 Å². The molecule has 1 saturated heterocycles. The average molecular weight is 354 g/mol. The van der Waals surface area contributed by atoms with E-state index in [0.717, 1.165) is 38.0 Å². The van der Waals surface area contributed by atoms with Gasteiger partial charge >= 0.3 is 0 Å². The van der Waals surface area contributed by atoms with Crippen molar-refractivity contribution < 1.29 is 4.79 Å². The Balaban J connectivity index is 1.67. The Morgan fingerprint density at radius 3 is 2.50 bits per heavy atom. The molecular formula is C22H31N3O. The molecule has 1 aliphatic heterocycles. The van der Waals surface area contributed by atoms with E-state index >= 15 is 0 Å². The van der Waals surface area contributed by atoms with Gasteiger partial charge in [0.1, 0.15) is 0 Å². The monoisotopic (exact) mass is 353 g/mol. The first kappa shape index (κ1) is 18.8. The van der Waals surface area contributed by atoms with Crippen LogP contribution in [0.1, 0.15) is 60.8 Å². The lowest BCUT2D eigenvalue weighted by atomic mass is 9.85. The molecule has 1 aromatic heterocycles. The SMILES string of the molecule is Cc1c(CN2CCC[C@H](C(=O)c3ccc(C(C)(C)C)cc3)C2)cnn1C. The van der Waals surface area contributed by atoms with Gasteiger partial charge in [-0.25, -0.2) is 0 Å². The highest BCUT2D eigenvalue weighted by Gasteiger charge is 2.27. The number of nitrogens with zero attached hydrogens (tertiary/aromatic N) is 3. The number of piperidine rings is 1. The maximum Gasteiger partial charge on any atom is 0.167 e. The third kappa shape index (κ3) is 4.07. The predicted molar refractivity (Wildman–Crippen MR) is 105 cm³/mol. The van der Waals surface area contributed by atoms with E-state index < -0.39 is 0 Å². The molecular weight excluding hydrogens is 322 g/mol. The van der Waals surface area contributed by atoms with Crippen LogP contribution < -0.4 is 0 Å². The van der Waals surface area contributed by atoms with E-state index in [1.807, 2.05) is 30.1 Å². The molecule has 2 aromatic rings.